The molecule has 1 heterocycles. The van der Waals surface area contributed by atoms with Crippen molar-refractivity contribution >= 4 is 27.3 Å². The largest absolute Gasteiger partial charge is 0.326 e. The van der Waals surface area contributed by atoms with Crippen LogP contribution >= 0.6 is 27.3 Å². The van der Waals surface area contributed by atoms with Gasteiger partial charge in [-0.15, -0.1) is 11.3 Å². The lowest BCUT2D eigenvalue weighted by Crippen LogP contribution is -2.39. The third-order valence-electron chi connectivity index (χ3n) is 2.94. The fourth-order valence-electron chi connectivity index (χ4n) is 1.61. The highest BCUT2D eigenvalue weighted by atomic mass is 79.9. The second-order valence-electron chi connectivity index (χ2n) is 4.48. The Kier molecular flexibility index (Phi) is 5.97. The summed E-state index contributed by atoms with van der Waals surface area (Å²) < 4.78 is 1.17. The molecule has 0 bridgehead atoms. The van der Waals surface area contributed by atoms with Gasteiger partial charge in [-0.05, 0) is 35.0 Å². The standard InChI is InChI=1S/C12H21BrN2S/c1-4-9(2)12(14)7-15(3)6-11-5-10(13)8-16-11/h5,8-9,12H,4,6-7,14H2,1-3H3. The first kappa shape index (κ1) is 14.2. The van der Waals surface area contributed by atoms with Gasteiger partial charge in [0.1, 0.15) is 0 Å². The number of nitrogens with zero attached hydrogens (tertiary/aromatic N) is 1. The number of rotatable bonds is 6. The fourth-order valence-corrected chi connectivity index (χ4v) is 3.14. The Labute approximate surface area is 111 Å². The van der Waals surface area contributed by atoms with Crippen LogP contribution in [0.4, 0.5) is 0 Å². The van der Waals surface area contributed by atoms with E-state index in [4.69, 9.17) is 5.73 Å². The molecule has 0 aliphatic rings. The van der Waals surface area contributed by atoms with Crippen molar-refractivity contribution in [2.75, 3.05) is 13.6 Å². The van der Waals surface area contributed by atoms with Crippen molar-refractivity contribution in [3.05, 3.63) is 20.8 Å². The molecule has 0 fully saturated rings. The Morgan fingerprint density at radius 3 is 2.75 bits per heavy atom. The molecule has 1 aromatic heterocycles. The van der Waals surface area contributed by atoms with Gasteiger partial charge in [0.05, 0.1) is 0 Å². The molecule has 0 aliphatic heterocycles. The molecule has 1 aromatic rings. The van der Waals surface area contributed by atoms with Crippen LogP contribution in [0.1, 0.15) is 25.1 Å². The van der Waals surface area contributed by atoms with Gasteiger partial charge >= 0.3 is 0 Å². The predicted octanol–water partition coefficient (Wildman–Crippen LogP) is 3.32. The van der Waals surface area contributed by atoms with Crippen LogP contribution in [0, 0.1) is 5.92 Å². The van der Waals surface area contributed by atoms with Crippen LogP contribution in [-0.2, 0) is 6.54 Å². The minimum absolute atomic E-state index is 0.276. The highest BCUT2D eigenvalue weighted by Gasteiger charge is 2.13. The first-order valence-electron chi connectivity index (χ1n) is 5.70. The van der Waals surface area contributed by atoms with Gasteiger partial charge in [-0.2, -0.15) is 0 Å². The zero-order valence-electron chi connectivity index (χ0n) is 10.2. The van der Waals surface area contributed by atoms with Gasteiger partial charge < -0.3 is 5.73 Å². The topological polar surface area (TPSA) is 29.3 Å². The highest BCUT2D eigenvalue weighted by Crippen LogP contribution is 2.21. The molecular formula is C12H21BrN2S. The van der Waals surface area contributed by atoms with Crippen LogP contribution in [0.25, 0.3) is 0 Å². The summed E-state index contributed by atoms with van der Waals surface area (Å²) in [6, 6.07) is 2.45. The highest BCUT2D eigenvalue weighted by molar-refractivity contribution is 9.10. The predicted molar refractivity (Wildman–Crippen MR) is 75.8 cm³/mol. The minimum Gasteiger partial charge on any atom is -0.326 e. The summed E-state index contributed by atoms with van der Waals surface area (Å²) in [6.45, 7) is 6.37. The molecule has 0 radical (unpaired) electrons. The van der Waals surface area contributed by atoms with Crippen LogP contribution < -0.4 is 5.73 Å². The summed E-state index contributed by atoms with van der Waals surface area (Å²) in [5, 5.41) is 2.12. The molecule has 2 atom stereocenters. The van der Waals surface area contributed by atoms with Crippen molar-refractivity contribution in [2.45, 2.75) is 32.9 Å². The molecule has 1 rings (SSSR count). The second-order valence-corrected chi connectivity index (χ2v) is 6.39. The van der Waals surface area contributed by atoms with Crippen molar-refractivity contribution in [2.24, 2.45) is 11.7 Å². The van der Waals surface area contributed by atoms with Gasteiger partial charge in [0.15, 0.2) is 0 Å². The maximum absolute atomic E-state index is 6.14. The summed E-state index contributed by atoms with van der Waals surface area (Å²) in [5.41, 5.74) is 6.14. The van der Waals surface area contributed by atoms with E-state index in [1.807, 2.05) is 0 Å². The van der Waals surface area contributed by atoms with Gasteiger partial charge in [0.2, 0.25) is 0 Å². The first-order valence-corrected chi connectivity index (χ1v) is 7.37. The lowest BCUT2D eigenvalue weighted by molar-refractivity contribution is 0.269. The Hall–Kier alpha value is 0.1000. The molecule has 2 unspecified atom stereocenters. The Morgan fingerprint density at radius 2 is 2.25 bits per heavy atom. The molecule has 4 heteroatoms. The maximum Gasteiger partial charge on any atom is 0.0325 e. The average molecular weight is 305 g/mol. The number of thiophene rings is 1. The van der Waals surface area contributed by atoms with Gasteiger partial charge in [-0.25, -0.2) is 0 Å². The smallest absolute Gasteiger partial charge is 0.0325 e. The van der Waals surface area contributed by atoms with Crippen LogP contribution in [0.5, 0.6) is 0 Å². The molecule has 0 amide bonds. The maximum atomic E-state index is 6.14. The summed E-state index contributed by atoms with van der Waals surface area (Å²) in [7, 11) is 2.13. The van der Waals surface area contributed by atoms with Crippen LogP contribution in [0.2, 0.25) is 0 Å². The van der Waals surface area contributed by atoms with E-state index in [1.54, 1.807) is 11.3 Å². The van der Waals surface area contributed by atoms with E-state index in [0.717, 1.165) is 19.5 Å². The van der Waals surface area contributed by atoms with Crippen molar-refractivity contribution in [3.63, 3.8) is 0 Å². The van der Waals surface area contributed by atoms with E-state index in [9.17, 15) is 0 Å². The number of hydrogen-bond donors (Lipinski definition) is 1. The summed E-state index contributed by atoms with van der Waals surface area (Å²) >= 11 is 5.26. The average Bonchev–Trinajstić information content (AvgIpc) is 2.62. The molecule has 0 aliphatic carbocycles. The zero-order valence-corrected chi connectivity index (χ0v) is 12.6. The molecule has 0 aromatic carbocycles. The van der Waals surface area contributed by atoms with Crippen LogP contribution in [0.15, 0.2) is 15.9 Å². The van der Waals surface area contributed by atoms with Crippen molar-refractivity contribution in [3.8, 4) is 0 Å². The van der Waals surface area contributed by atoms with E-state index in [0.29, 0.717) is 5.92 Å². The van der Waals surface area contributed by atoms with E-state index in [2.05, 4.69) is 53.2 Å². The Bertz CT molecular complexity index is 314. The molecule has 0 spiro atoms. The van der Waals surface area contributed by atoms with Crippen molar-refractivity contribution in [1.82, 2.24) is 4.90 Å². The van der Waals surface area contributed by atoms with E-state index in [-0.39, 0.29) is 6.04 Å². The van der Waals surface area contributed by atoms with Crippen LogP contribution in [0.3, 0.4) is 0 Å². The fraction of sp³-hybridized carbons (Fsp3) is 0.667. The van der Waals surface area contributed by atoms with Crippen molar-refractivity contribution in [1.29, 1.82) is 0 Å². The summed E-state index contributed by atoms with van der Waals surface area (Å²) in [4.78, 5) is 3.68. The third kappa shape index (κ3) is 4.53. The lowest BCUT2D eigenvalue weighted by Gasteiger charge is -2.24. The van der Waals surface area contributed by atoms with E-state index >= 15 is 0 Å². The molecule has 16 heavy (non-hydrogen) atoms. The quantitative estimate of drug-likeness (QED) is 0.873. The molecule has 0 saturated heterocycles. The normalized spacial score (nSPS) is 15.4. The first-order chi connectivity index (χ1) is 7.52. The van der Waals surface area contributed by atoms with E-state index in [1.165, 1.54) is 9.35 Å². The zero-order chi connectivity index (χ0) is 12.1. The molecule has 92 valence electrons. The summed E-state index contributed by atoms with van der Waals surface area (Å²) in [5.74, 6) is 0.595. The van der Waals surface area contributed by atoms with Crippen LogP contribution in [-0.4, -0.2) is 24.5 Å². The van der Waals surface area contributed by atoms with Gasteiger partial charge in [-0.1, -0.05) is 20.3 Å². The Balaban J connectivity index is 2.38. The Morgan fingerprint density at radius 1 is 1.56 bits per heavy atom. The number of nitrogens with two attached hydrogens (primary N) is 1. The number of hydrogen-bond acceptors (Lipinski definition) is 3. The second kappa shape index (κ2) is 6.74. The number of likely N-dealkylation sites (N-methyl/N-ethyl adjacent to an activating group) is 1. The van der Waals surface area contributed by atoms with Crippen molar-refractivity contribution < 1.29 is 0 Å². The van der Waals surface area contributed by atoms with Gasteiger partial charge in [0.25, 0.3) is 0 Å². The molecule has 2 nitrogen and oxygen atoms in total. The van der Waals surface area contributed by atoms with Gasteiger partial charge in [-0.3, -0.25) is 4.90 Å². The molecular weight excluding hydrogens is 284 g/mol. The minimum atomic E-state index is 0.276. The molecule has 2 N–H and O–H groups in total. The molecule has 0 saturated carbocycles. The van der Waals surface area contributed by atoms with Gasteiger partial charge in [0, 0.05) is 33.9 Å². The third-order valence-corrected chi connectivity index (χ3v) is 4.63. The van der Waals surface area contributed by atoms with E-state index < -0.39 is 0 Å². The SMILES string of the molecule is CCC(C)C(N)CN(C)Cc1cc(Br)cs1. The monoisotopic (exact) mass is 304 g/mol. The summed E-state index contributed by atoms with van der Waals surface area (Å²) in [6.07, 6.45) is 1.15. The number of halogens is 1. The lowest BCUT2D eigenvalue weighted by atomic mass is 10.00.